The number of benzene rings is 1. The molecule has 0 aliphatic heterocycles. The molecule has 16 heavy (non-hydrogen) atoms. The van der Waals surface area contributed by atoms with Crippen LogP contribution in [0.3, 0.4) is 0 Å². The van der Waals surface area contributed by atoms with E-state index in [1.54, 1.807) is 7.11 Å². The van der Waals surface area contributed by atoms with Crippen molar-refractivity contribution in [3.8, 4) is 11.8 Å². The maximum Gasteiger partial charge on any atom is 0.118 e. The average Bonchev–Trinajstić information content (AvgIpc) is 2.77. The predicted molar refractivity (Wildman–Crippen MR) is 65.6 cm³/mol. The van der Waals surface area contributed by atoms with Crippen LogP contribution >= 0.6 is 11.8 Å². The largest absolute Gasteiger partial charge is 0.497 e. The van der Waals surface area contributed by atoms with E-state index in [4.69, 9.17) is 10.00 Å². The SMILES string of the molecule is COc1ccc(SC2CCCC2C#N)cc1. The highest BCUT2D eigenvalue weighted by molar-refractivity contribution is 8.00. The Labute approximate surface area is 101 Å². The van der Waals surface area contributed by atoms with Crippen molar-refractivity contribution in [3.63, 3.8) is 0 Å². The van der Waals surface area contributed by atoms with Crippen LogP contribution in [0.15, 0.2) is 29.2 Å². The second-order valence-electron chi connectivity index (χ2n) is 4.00. The molecule has 0 spiro atoms. The van der Waals surface area contributed by atoms with Crippen LogP contribution in [0.25, 0.3) is 0 Å². The van der Waals surface area contributed by atoms with Gasteiger partial charge in [-0.2, -0.15) is 5.26 Å². The van der Waals surface area contributed by atoms with E-state index in [1.807, 2.05) is 23.9 Å². The lowest BCUT2D eigenvalue weighted by Crippen LogP contribution is -2.06. The second-order valence-corrected chi connectivity index (χ2v) is 5.31. The Bertz CT molecular complexity index is 382. The standard InChI is InChI=1S/C13H15NOS/c1-15-11-5-7-12(8-6-11)16-13-4-2-3-10(13)9-14/h5-8,10,13H,2-4H2,1H3. The van der Waals surface area contributed by atoms with Gasteiger partial charge in [0.05, 0.1) is 19.1 Å². The Morgan fingerprint density at radius 1 is 1.31 bits per heavy atom. The van der Waals surface area contributed by atoms with Gasteiger partial charge in [-0.1, -0.05) is 6.42 Å². The molecule has 1 aliphatic carbocycles. The lowest BCUT2D eigenvalue weighted by Gasteiger charge is -2.12. The third kappa shape index (κ3) is 2.51. The molecule has 1 aliphatic rings. The number of hydrogen-bond acceptors (Lipinski definition) is 3. The summed E-state index contributed by atoms with van der Waals surface area (Å²) in [6, 6.07) is 10.5. The van der Waals surface area contributed by atoms with Crippen LogP contribution in [-0.4, -0.2) is 12.4 Å². The maximum absolute atomic E-state index is 9.01. The van der Waals surface area contributed by atoms with E-state index in [-0.39, 0.29) is 5.92 Å². The van der Waals surface area contributed by atoms with Crippen molar-refractivity contribution >= 4 is 11.8 Å². The fraction of sp³-hybridized carbons (Fsp3) is 0.462. The van der Waals surface area contributed by atoms with Crippen LogP contribution in [0, 0.1) is 17.2 Å². The molecule has 0 bridgehead atoms. The molecule has 1 fully saturated rings. The summed E-state index contributed by atoms with van der Waals surface area (Å²) in [5.41, 5.74) is 0. The zero-order valence-electron chi connectivity index (χ0n) is 9.35. The third-order valence-electron chi connectivity index (χ3n) is 2.97. The van der Waals surface area contributed by atoms with Crippen molar-refractivity contribution in [2.45, 2.75) is 29.4 Å². The van der Waals surface area contributed by atoms with Crippen LogP contribution in [0.5, 0.6) is 5.75 Å². The van der Waals surface area contributed by atoms with E-state index < -0.39 is 0 Å². The minimum absolute atomic E-state index is 0.229. The number of ether oxygens (including phenoxy) is 1. The molecule has 0 radical (unpaired) electrons. The smallest absolute Gasteiger partial charge is 0.118 e. The molecule has 1 aromatic rings. The normalized spacial score (nSPS) is 24.0. The summed E-state index contributed by atoms with van der Waals surface area (Å²) < 4.78 is 5.12. The van der Waals surface area contributed by atoms with Gasteiger partial charge in [0.25, 0.3) is 0 Å². The van der Waals surface area contributed by atoms with Gasteiger partial charge < -0.3 is 4.74 Å². The van der Waals surface area contributed by atoms with E-state index in [0.29, 0.717) is 5.25 Å². The first kappa shape index (κ1) is 11.3. The Morgan fingerprint density at radius 2 is 2.06 bits per heavy atom. The molecule has 84 valence electrons. The molecule has 0 saturated heterocycles. The fourth-order valence-corrected chi connectivity index (χ4v) is 3.33. The first-order valence-corrected chi connectivity index (χ1v) is 6.42. The van der Waals surface area contributed by atoms with Crippen LogP contribution in [0.2, 0.25) is 0 Å². The van der Waals surface area contributed by atoms with Crippen molar-refractivity contribution in [2.24, 2.45) is 5.92 Å². The topological polar surface area (TPSA) is 33.0 Å². The molecular formula is C13H15NOS. The van der Waals surface area contributed by atoms with E-state index in [1.165, 1.54) is 11.3 Å². The van der Waals surface area contributed by atoms with Gasteiger partial charge in [-0.15, -0.1) is 11.8 Å². The van der Waals surface area contributed by atoms with Crippen LogP contribution < -0.4 is 4.74 Å². The quantitative estimate of drug-likeness (QED) is 0.801. The molecule has 1 aromatic carbocycles. The summed E-state index contributed by atoms with van der Waals surface area (Å²) in [7, 11) is 1.67. The molecule has 3 heteroatoms. The molecule has 0 amide bonds. The van der Waals surface area contributed by atoms with Gasteiger partial charge in [-0.05, 0) is 37.1 Å². The number of nitriles is 1. The minimum atomic E-state index is 0.229. The second kappa shape index (κ2) is 5.27. The van der Waals surface area contributed by atoms with Gasteiger partial charge in [-0.3, -0.25) is 0 Å². The molecule has 1 saturated carbocycles. The fourth-order valence-electron chi connectivity index (χ4n) is 2.04. The van der Waals surface area contributed by atoms with Gasteiger partial charge in [0.2, 0.25) is 0 Å². The number of thioether (sulfide) groups is 1. The van der Waals surface area contributed by atoms with E-state index >= 15 is 0 Å². The average molecular weight is 233 g/mol. The number of rotatable bonds is 3. The molecular weight excluding hydrogens is 218 g/mol. The molecule has 2 nitrogen and oxygen atoms in total. The summed E-state index contributed by atoms with van der Waals surface area (Å²) in [5, 5.41) is 9.48. The van der Waals surface area contributed by atoms with Crippen molar-refractivity contribution in [2.75, 3.05) is 7.11 Å². The molecule has 2 rings (SSSR count). The van der Waals surface area contributed by atoms with Gasteiger partial charge in [0.15, 0.2) is 0 Å². The van der Waals surface area contributed by atoms with Crippen molar-refractivity contribution < 1.29 is 4.74 Å². The molecule has 0 aromatic heterocycles. The van der Waals surface area contributed by atoms with Crippen molar-refractivity contribution in [1.29, 1.82) is 5.26 Å². The lowest BCUT2D eigenvalue weighted by molar-refractivity contribution is 0.414. The molecule has 2 unspecified atom stereocenters. The first-order valence-electron chi connectivity index (χ1n) is 5.54. The van der Waals surface area contributed by atoms with Crippen molar-refractivity contribution in [3.05, 3.63) is 24.3 Å². The monoisotopic (exact) mass is 233 g/mol. The highest BCUT2D eigenvalue weighted by atomic mass is 32.2. The van der Waals surface area contributed by atoms with Gasteiger partial charge in [-0.25, -0.2) is 0 Å². The van der Waals surface area contributed by atoms with Crippen LogP contribution in [0.1, 0.15) is 19.3 Å². The summed E-state index contributed by atoms with van der Waals surface area (Å²) in [4.78, 5) is 1.23. The van der Waals surface area contributed by atoms with E-state index in [2.05, 4.69) is 18.2 Å². The Morgan fingerprint density at radius 3 is 2.69 bits per heavy atom. The van der Waals surface area contributed by atoms with Gasteiger partial charge >= 0.3 is 0 Å². The Kier molecular flexibility index (Phi) is 3.74. The van der Waals surface area contributed by atoms with Gasteiger partial charge in [0, 0.05) is 10.1 Å². The Hall–Kier alpha value is -1.14. The highest BCUT2D eigenvalue weighted by Crippen LogP contribution is 2.38. The lowest BCUT2D eigenvalue weighted by atomic mass is 10.1. The molecule has 0 N–H and O–H groups in total. The van der Waals surface area contributed by atoms with Crippen LogP contribution in [-0.2, 0) is 0 Å². The van der Waals surface area contributed by atoms with E-state index in [9.17, 15) is 0 Å². The molecule has 2 atom stereocenters. The summed E-state index contributed by atoms with van der Waals surface area (Å²) in [6.45, 7) is 0. The summed E-state index contributed by atoms with van der Waals surface area (Å²) in [5.74, 6) is 1.11. The zero-order valence-corrected chi connectivity index (χ0v) is 10.2. The van der Waals surface area contributed by atoms with Crippen molar-refractivity contribution in [1.82, 2.24) is 0 Å². The van der Waals surface area contributed by atoms with E-state index in [0.717, 1.165) is 18.6 Å². The summed E-state index contributed by atoms with van der Waals surface area (Å²) in [6.07, 6.45) is 3.41. The highest BCUT2D eigenvalue weighted by Gasteiger charge is 2.27. The number of nitrogens with zero attached hydrogens (tertiary/aromatic N) is 1. The van der Waals surface area contributed by atoms with Gasteiger partial charge in [0.1, 0.15) is 5.75 Å². The number of hydrogen-bond donors (Lipinski definition) is 0. The zero-order chi connectivity index (χ0) is 11.4. The molecule has 0 heterocycles. The summed E-state index contributed by atoms with van der Waals surface area (Å²) >= 11 is 1.83. The van der Waals surface area contributed by atoms with Crippen LogP contribution in [0.4, 0.5) is 0 Å². The minimum Gasteiger partial charge on any atom is -0.497 e. The first-order chi connectivity index (χ1) is 7.83. The number of methoxy groups -OCH3 is 1. The maximum atomic E-state index is 9.01. The predicted octanol–water partition coefficient (Wildman–Crippen LogP) is 3.48. The third-order valence-corrected chi connectivity index (χ3v) is 4.38. The Balaban J connectivity index is 2.01.